The number of nitrogens with one attached hydrogen (secondary N) is 1. The first kappa shape index (κ1) is 18.2. The lowest BCUT2D eigenvalue weighted by molar-refractivity contribution is -0.385. The third-order valence-electron chi connectivity index (χ3n) is 5.35. The molecule has 2 atom stereocenters. The van der Waals surface area contributed by atoms with Gasteiger partial charge in [0, 0.05) is 23.3 Å². The number of fused-ring (bicyclic) bond motifs is 3. The standard InChI is InChI=1S/C23H19N3O4/c1-29-21-12-6-11-18-20-14-19(15-7-3-2-4-8-15)24-25(20)23(30-22(18)21)16-9-5-10-17(13-16)26(27)28/h2-14,20,23-24H,1H3/t20-,23-/m0/s1. The number of hydrazine groups is 1. The second kappa shape index (κ2) is 7.20. The summed E-state index contributed by atoms with van der Waals surface area (Å²) in [7, 11) is 1.60. The average molecular weight is 401 g/mol. The van der Waals surface area contributed by atoms with E-state index in [2.05, 4.69) is 11.5 Å². The average Bonchev–Trinajstić information content (AvgIpc) is 3.24. The minimum absolute atomic E-state index is 0.0221. The molecule has 0 spiro atoms. The summed E-state index contributed by atoms with van der Waals surface area (Å²) in [6.07, 6.45) is 1.57. The van der Waals surface area contributed by atoms with Gasteiger partial charge in [0.1, 0.15) is 0 Å². The van der Waals surface area contributed by atoms with Crippen LogP contribution in [0.3, 0.4) is 0 Å². The molecule has 0 aliphatic carbocycles. The highest BCUT2D eigenvalue weighted by molar-refractivity contribution is 5.68. The van der Waals surface area contributed by atoms with Crippen LogP contribution in [0.25, 0.3) is 5.70 Å². The topological polar surface area (TPSA) is 76.9 Å². The van der Waals surface area contributed by atoms with E-state index in [0.29, 0.717) is 17.1 Å². The lowest BCUT2D eigenvalue weighted by atomic mass is 10.00. The molecule has 7 heteroatoms. The zero-order chi connectivity index (χ0) is 20.7. The molecule has 0 bridgehead atoms. The molecule has 5 rings (SSSR count). The Bertz CT molecular complexity index is 1150. The number of nitro benzene ring substituents is 1. The van der Waals surface area contributed by atoms with E-state index >= 15 is 0 Å². The number of ether oxygens (including phenoxy) is 2. The summed E-state index contributed by atoms with van der Waals surface area (Å²) in [5.41, 5.74) is 7.12. The third kappa shape index (κ3) is 2.96. The van der Waals surface area contributed by atoms with E-state index in [1.54, 1.807) is 19.2 Å². The van der Waals surface area contributed by atoms with Gasteiger partial charge in [-0.15, -0.1) is 0 Å². The number of nitro groups is 1. The van der Waals surface area contributed by atoms with Crippen LogP contribution < -0.4 is 14.9 Å². The molecule has 3 aromatic carbocycles. The molecule has 0 radical (unpaired) electrons. The lowest BCUT2D eigenvalue weighted by Gasteiger charge is -2.39. The van der Waals surface area contributed by atoms with Gasteiger partial charge in [-0.2, -0.15) is 5.01 Å². The van der Waals surface area contributed by atoms with E-state index in [-0.39, 0.29) is 11.7 Å². The minimum atomic E-state index is -0.573. The largest absolute Gasteiger partial charge is 0.493 e. The number of nitrogens with zero attached hydrogens (tertiary/aromatic N) is 2. The van der Waals surface area contributed by atoms with Crippen molar-refractivity contribution >= 4 is 11.4 Å². The second-order valence-electron chi connectivity index (χ2n) is 7.11. The van der Waals surface area contributed by atoms with E-state index in [4.69, 9.17) is 9.47 Å². The molecule has 0 saturated heterocycles. The first-order chi connectivity index (χ1) is 14.7. The monoisotopic (exact) mass is 401 g/mol. The van der Waals surface area contributed by atoms with Crippen LogP contribution in [0.4, 0.5) is 5.69 Å². The van der Waals surface area contributed by atoms with E-state index < -0.39 is 11.2 Å². The van der Waals surface area contributed by atoms with E-state index in [0.717, 1.165) is 16.8 Å². The maximum atomic E-state index is 11.3. The normalized spacial score (nSPS) is 19.7. The molecular formula is C23H19N3O4. The Hall–Kier alpha value is -3.84. The molecule has 3 aromatic rings. The summed E-state index contributed by atoms with van der Waals surface area (Å²) in [6.45, 7) is 0. The molecule has 1 N–H and O–H groups in total. The number of hydrogen-bond donors (Lipinski definition) is 1. The van der Waals surface area contributed by atoms with Crippen LogP contribution in [0, 0.1) is 10.1 Å². The summed E-state index contributed by atoms with van der Waals surface area (Å²) in [5, 5.41) is 13.3. The Labute approximate surface area is 173 Å². The summed E-state index contributed by atoms with van der Waals surface area (Å²) in [4.78, 5) is 10.9. The van der Waals surface area contributed by atoms with Crippen molar-refractivity contribution in [1.82, 2.24) is 10.4 Å². The quantitative estimate of drug-likeness (QED) is 0.509. The second-order valence-corrected chi connectivity index (χ2v) is 7.11. The molecule has 30 heavy (non-hydrogen) atoms. The molecule has 150 valence electrons. The number of rotatable bonds is 4. The number of hydrogen-bond acceptors (Lipinski definition) is 6. The van der Waals surface area contributed by atoms with Crippen LogP contribution in [0.5, 0.6) is 11.5 Å². The van der Waals surface area contributed by atoms with Gasteiger partial charge in [-0.3, -0.25) is 10.1 Å². The van der Waals surface area contributed by atoms with Gasteiger partial charge in [-0.25, -0.2) is 0 Å². The van der Waals surface area contributed by atoms with Crippen LogP contribution in [-0.2, 0) is 0 Å². The number of para-hydroxylation sites is 1. The van der Waals surface area contributed by atoms with Crippen molar-refractivity contribution < 1.29 is 14.4 Å². The Morgan fingerprint density at radius 3 is 2.63 bits per heavy atom. The Morgan fingerprint density at radius 2 is 1.87 bits per heavy atom. The van der Waals surface area contributed by atoms with Crippen LogP contribution in [0.2, 0.25) is 0 Å². The zero-order valence-corrected chi connectivity index (χ0v) is 16.2. The highest BCUT2D eigenvalue weighted by atomic mass is 16.6. The van der Waals surface area contributed by atoms with Gasteiger partial charge in [0.05, 0.1) is 23.8 Å². The van der Waals surface area contributed by atoms with Gasteiger partial charge in [-0.1, -0.05) is 54.6 Å². The summed E-state index contributed by atoms with van der Waals surface area (Å²) in [6, 6.07) is 22.2. The fourth-order valence-electron chi connectivity index (χ4n) is 3.95. The summed E-state index contributed by atoms with van der Waals surface area (Å²) < 4.78 is 11.9. The Balaban J connectivity index is 1.62. The molecule has 0 aromatic heterocycles. The van der Waals surface area contributed by atoms with Gasteiger partial charge in [0.15, 0.2) is 17.7 Å². The molecule has 0 saturated carbocycles. The van der Waals surface area contributed by atoms with Crippen molar-refractivity contribution in [3.05, 3.63) is 106 Å². The van der Waals surface area contributed by atoms with Crippen molar-refractivity contribution in [2.75, 3.05) is 7.11 Å². The zero-order valence-electron chi connectivity index (χ0n) is 16.2. The van der Waals surface area contributed by atoms with Gasteiger partial charge in [0.2, 0.25) is 0 Å². The Kier molecular flexibility index (Phi) is 4.37. The van der Waals surface area contributed by atoms with Gasteiger partial charge in [0.25, 0.3) is 5.69 Å². The van der Waals surface area contributed by atoms with Gasteiger partial charge < -0.3 is 14.9 Å². The first-order valence-corrected chi connectivity index (χ1v) is 9.56. The maximum absolute atomic E-state index is 11.3. The van der Waals surface area contributed by atoms with Crippen LogP contribution in [0.1, 0.15) is 29.0 Å². The number of benzene rings is 3. The fourth-order valence-corrected chi connectivity index (χ4v) is 3.95. The number of methoxy groups -OCH3 is 1. The highest BCUT2D eigenvalue weighted by Crippen LogP contribution is 2.49. The molecule has 2 aliphatic heterocycles. The van der Waals surface area contributed by atoms with E-state index in [1.165, 1.54) is 6.07 Å². The Morgan fingerprint density at radius 1 is 1.07 bits per heavy atom. The van der Waals surface area contributed by atoms with Crippen LogP contribution in [0.15, 0.2) is 78.9 Å². The summed E-state index contributed by atoms with van der Waals surface area (Å²) in [5.74, 6) is 1.27. The smallest absolute Gasteiger partial charge is 0.269 e. The van der Waals surface area contributed by atoms with Gasteiger partial charge >= 0.3 is 0 Å². The van der Waals surface area contributed by atoms with Crippen molar-refractivity contribution in [3.8, 4) is 11.5 Å². The molecule has 2 heterocycles. The lowest BCUT2D eigenvalue weighted by Crippen LogP contribution is -2.43. The predicted molar refractivity (Wildman–Crippen MR) is 112 cm³/mol. The van der Waals surface area contributed by atoms with Crippen molar-refractivity contribution in [2.45, 2.75) is 12.3 Å². The number of non-ortho nitro benzene ring substituents is 1. The summed E-state index contributed by atoms with van der Waals surface area (Å²) >= 11 is 0. The molecule has 2 aliphatic rings. The van der Waals surface area contributed by atoms with E-state index in [9.17, 15) is 10.1 Å². The molecule has 0 fully saturated rings. The maximum Gasteiger partial charge on any atom is 0.269 e. The van der Waals surface area contributed by atoms with Crippen LogP contribution in [-0.4, -0.2) is 17.0 Å². The van der Waals surface area contributed by atoms with E-state index in [1.807, 2.05) is 59.6 Å². The fraction of sp³-hybridized carbons (Fsp3) is 0.130. The molecule has 7 nitrogen and oxygen atoms in total. The molecule has 0 unspecified atom stereocenters. The van der Waals surface area contributed by atoms with Crippen molar-refractivity contribution in [3.63, 3.8) is 0 Å². The first-order valence-electron chi connectivity index (χ1n) is 9.56. The van der Waals surface area contributed by atoms with Crippen LogP contribution >= 0.6 is 0 Å². The SMILES string of the molecule is COc1cccc2c1O[C@@H](c1cccc([N+](=O)[O-])c1)N1NC(c3ccccc3)=C[C@@H]21. The van der Waals surface area contributed by atoms with Crippen molar-refractivity contribution in [1.29, 1.82) is 0 Å². The highest BCUT2D eigenvalue weighted by Gasteiger charge is 2.41. The predicted octanol–water partition coefficient (Wildman–Crippen LogP) is 4.60. The molecule has 0 amide bonds. The third-order valence-corrected chi connectivity index (χ3v) is 5.35. The minimum Gasteiger partial charge on any atom is -0.493 e. The molecular weight excluding hydrogens is 382 g/mol. The van der Waals surface area contributed by atoms with Crippen molar-refractivity contribution in [2.24, 2.45) is 0 Å². The van der Waals surface area contributed by atoms with Gasteiger partial charge in [-0.05, 0) is 17.7 Å².